The Kier molecular flexibility index (Phi) is 6.21. The second-order valence-corrected chi connectivity index (χ2v) is 4.03. The Labute approximate surface area is 104 Å². The van der Waals surface area contributed by atoms with Crippen LogP contribution in [0.15, 0.2) is 24.3 Å². The van der Waals surface area contributed by atoms with Crippen molar-refractivity contribution in [1.29, 1.82) is 0 Å². The molecule has 92 valence electrons. The molecule has 0 fully saturated rings. The number of terminal acetylenes is 1. The maximum Gasteiger partial charge on any atom is 0.119 e. The van der Waals surface area contributed by atoms with Gasteiger partial charge in [-0.15, -0.1) is 12.3 Å². The van der Waals surface area contributed by atoms with Crippen molar-refractivity contribution in [3.8, 4) is 18.1 Å². The number of benzene rings is 1. The molecule has 1 N–H and O–H groups in total. The first-order chi connectivity index (χ1) is 8.27. The Hall–Kier alpha value is -1.46. The zero-order valence-electron chi connectivity index (χ0n) is 10.4. The van der Waals surface area contributed by atoms with Crippen LogP contribution >= 0.6 is 0 Å². The van der Waals surface area contributed by atoms with Gasteiger partial charge >= 0.3 is 0 Å². The summed E-state index contributed by atoms with van der Waals surface area (Å²) in [5, 5.41) is 9.82. The minimum Gasteiger partial charge on any atom is -0.494 e. The van der Waals surface area contributed by atoms with Crippen molar-refractivity contribution in [2.75, 3.05) is 6.61 Å². The quantitative estimate of drug-likeness (QED) is 0.577. The summed E-state index contributed by atoms with van der Waals surface area (Å²) >= 11 is 0. The van der Waals surface area contributed by atoms with Crippen molar-refractivity contribution in [3.05, 3.63) is 29.8 Å². The second-order valence-electron chi connectivity index (χ2n) is 4.03. The summed E-state index contributed by atoms with van der Waals surface area (Å²) in [4.78, 5) is 0. The Morgan fingerprint density at radius 1 is 1.35 bits per heavy atom. The number of hydrogen-bond acceptors (Lipinski definition) is 2. The molecule has 17 heavy (non-hydrogen) atoms. The fourth-order valence-electron chi connectivity index (χ4n) is 1.51. The summed E-state index contributed by atoms with van der Waals surface area (Å²) in [6, 6.07) is 7.57. The van der Waals surface area contributed by atoms with Crippen LogP contribution in [0.4, 0.5) is 0 Å². The zero-order valence-corrected chi connectivity index (χ0v) is 10.4. The molecule has 1 aromatic carbocycles. The number of rotatable bonds is 7. The molecule has 1 aromatic rings. The lowest BCUT2D eigenvalue weighted by molar-refractivity contribution is 0.169. The summed E-state index contributed by atoms with van der Waals surface area (Å²) < 4.78 is 5.55. The van der Waals surface area contributed by atoms with E-state index in [0.29, 0.717) is 12.8 Å². The standard InChI is InChI=1S/C15H20O2/c1-3-5-7-15(16)13-8-10-14(11-9-13)17-12-6-4-2/h1,8-11,15-16H,4-7,12H2,2H3. The van der Waals surface area contributed by atoms with Gasteiger partial charge in [-0.1, -0.05) is 25.5 Å². The van der Waals surface area contributed by atoms with Crippen molar-refractivity contribution in [1.82, 2.24) is 0 Å². The number of hydrogen-bond donors (Lipinski definition) is 1. The number of aliphatic hydroxyl groups excluding tert-OH is 1. The van der Waals surface area contributed by atoms with Gasteiger partial charge in [0.25, 0.3) is 0 Å². The van der Waals surface area contributed by atoms with Crippen LogP contribution < -0.4 is 4.74 Å². The summed E-state index contributed by atoms with van der Waals surface area (Å²) in [5.74, 6) is 3.38. The molecule has 0 bridgehead atoms. The van der Waals surface area contributed by atoms with E-state index in [1.807, 2.05) is 24.3 Å². The average Bonchev–Trinajstić information content (AvgIpc) is 2.37. The highest BCUT2D eigenvalue weighted by atomic mass is 16.5. The minimum absolute atomic E-state index is 0.476. The van der Waals surface area contributed by atoms with Crippen molar-refractivity contribution < 1.29 is 9.84 Å². The molecule has 1 unspecified atom stereocenters. The van der Waals surface area contributed by atoms with Gasteiger partial charge in [-0.05, 0) is 30.5 Å². The smallest absolute Gasteiger partial charge is 0.119 e. The van der Waals surface area contributed by atoms with E-state index in [9.17, 15) is 5.11 Å². The highest BCUT2D eigenvalue weighted by Gasteiger charge is 2.06. The SMILES string of the molecule is C#CCCC(O)c1ccc(OCCCC)cc1. The molecule has 0 aliphatic rings. The molecule has 0 heterocycles. The maximum atomic E-state index is 9.82. The molecule has 0 spiro atoms. The van der Waals surface area contributed by atoms with E-state index in [0.717, 1.165) is 30.8 Å². The molecule has 0 radical (unpaired) electrons. The Morgan fingerprint density at radius 2 is 2.06 bits per heavy atom. The summed E-state index contributed by atoms with van der Waals surface area (Å²) in [6.07, 6.45) is 8.08. The van der Waals surface area contributed by atoms with Crippen LogP contribution in [0.1, 0.15) is 44.3 Å². The molecule has 0 aliphatic carbocycles. The van der Waals surface area contributed by atoms with E-state index < -0.39 is 6.10 Å². The molecule has 0 saturated heterocycles. The van der Waals surface area contributed by atoms with E-state index in [-0.39, 0.29) is 0 Å². The molecule has 0 amide bonds. The van der Waals surface area contributed by atoms with Gasteiger partial charge in [0.2, 0.25) is 0 Å². The largest absolute Gasteiger partial charge is 0.494 e. The minimum atomic E-state index is -0.476. The topological polar surface area (TPSA) is 29.5 Å². The first kappa shape index (κ1) is 13.6. The van der Waals surface area contributed by atoms with Gasteiger partial charge in [-0.3, -0.25) is 0 Å². The summed E-state index contributed by atoms with van der Waals surface area (Å²) in [6.45, 7) is 2.88. The molecule has 2 nitrogen and oxygen atoms in total. The maximum absolute atomic E-state index is 9.82. The fraction of sp³-hybridized carbons (Fsp3) is 0.467. The van der Waals surface area contributed by atoms with Crippen LogP contribution in [0, 0.1) is 12.3 Å². The van der Waals surface area contributed by atoms with Crippen LogP contribution in [-0.4, -0.2) is 11.7 Å². The van der Waals surface area contributed by atoms with E-state index >= 15 is 0 Å². The first-order valence-corrected chi connectivity index (χ1v) is 6.12. The number of aliphatic hydroxyl groups is 1. The normalized spacial score (nSPS) is 11.8. The zero-order chi connectivity index (χ0) is 12.5. The molecule has 0 aliphatic heterocycles. The van der Waals surface area contributed by atoms with Crippen molar-refractivity contribution in [2.24, 2.45) is 0 Å². The van der Waals surface area contributed by atoms with Crippen molar-refractivity contribution in [3.63, 3.8) is 0 Å². The van der Waals surface area contributed by atoms with Gasteiger partial charge in [-0.25, -0.2) is 0 Å². The molecular weight excluding hydrogens is 212 g/mol. The summed E-state index contributed by atoms with van der Waals surface area (Å²) in [5.41, 5.74) is 0.892. The predicted molar refractivity (Wildman–Crippen MR) is 69.9 cm³/mol. The van der Waals surface area contributed by atoms with Gasteiger partial charge in [0.05, 0.1) is 12.7 Å². The van der Waals surface area contributed by atoms with Crippen LogP contribution in [0.3, 0.4) is 0 Å². The van der Waals surface area contributed by atoms with Crippen molar-refractivity contribution >= 4 is 0 Å². The van der Waals surface area contributed by atoms with Gasteiger partial charge < -0.3 is 9.84 Å². The lowest BCUT2D eigenvalue weighted by Gasteiger charge is -2.10. The third-order valence-electron chi connectivity index (χ3n) is 2.59. The van der Waals surface area contributed by atoms with E-state index in [4.69, 9.17) is 11.2 Å². The predicted octanol–water partition coefficient (Wildman–Crippen LogP) is 3.31. The highest BCUT2D eigenvalue weighted by molar-refractivity contribution is 5.28. The Balaban J connectivity index is 2.46. The van der Waals surface area contributed by atoms with Gasteiger partial charge in [-0.2, -0.15) is 0 Å². The fourth-order valence-corrected chi connectivity index (χ4v) is 1.51. The first-order valence-electron chi connectivity index (χ1n) is 6.12. The Bertz CT molecular complexity index is 348. The molecule has 2 heteroatoms. The molecule has 1 atom stereocenters. The monoisotopic (exact) mass is 232 g/mol. The number of ether oxygens (including phenoxy) is 1. The van der Waals surface area contributed by atoms with Crippen LogP contribution in [-0.2, 0) is 0 Å². The van der Waals surface area contributed by atoms with Gasteiger partial charge in [0, 0.05) is 6.42 Å². The van der Waals surface area contributed by atoms with Crippen LogP contribution in [0.25, 0.3) is 0 Å². The van der Waals surface area contributed by atoms with E-state index in [1.54, 1.807) is 0 Å². The second kappa shape index (κ2) is 7.76. The molecule has 1 rings (SSSR count). The third kappa shape index (κ3) is 4.93. The van der Waals surface area contributed by atoms with Crippen LogP contribution in [0.2, 0.25) is 0 Å². The number of unbranched alkanes of at least 4 members (excludes halogenated alkanes) is 1. The van der Waals surface area contributed by atoms with Gasteiger partial charge in [0.15, 0.2) is 0 Å². The van der Waals surface area contributed by atoms with E-state index in [2.05, 4.69) is 12.8 Å². The average molecular weight is 232 g/mol. The molecule has 0 saturated carbocycles. The lowest BCUT2D eigenvalue weighted by atomic mass is 10.1. The lowest BCUT2D eigenvalue weighted by Crippen LogP contribution is -1.99. The summed E-state index contributed by atoms with van der Waals surface area (Å²) in [7, 11) is 0. The third-order valence-corrected chi connectivity index (χ3v) is 2.59. The molecular formula is C15H20O2. The highest BCUT2D eigenvalue weighted by Crippen LogP contribution is 2.21. The van der Waals surface area contributed by atoms with Gasteiger partial charge in [0.1, 0.15) is 5.75 Å². The Morgan fingerprint density at radius 3 is 2.65 bits per heavy atom. The van der Waals surface area contributed by atoms with Crippen LogP contribution in [0.5, 0.6) is 5.75 Å². The molecule has 0 aromatic heterocycles. The van der Waals surface area contributed by atoms with Crippen molar-refractivity contribution in [2.45, 2.75) is 38.7 Å². The van der Waals surface area contributed by atoms with E-state index in [1.165, 1.54) is 0 Å².